The Morgan fingerprint density at radius 3 is 2.48 bits per heavy atom. The van der Waals surface area contributed by atoms with E-state index in [9.17, 15) is 14.4 Å². The molecule has 1 aromatic heterocycles. The number of nitrogens with one attached hydrogen (secondary N) is 2. The van der Waals surface area contributed by atoms with Gasteiger partial charge in [-0.15, -0.1) is 0 Å². The number of hydrogen-bond acceptors (Lipinski definition) is 4. The lowest BCUT2D eigenvalue weighted by molar-refractivity contribution is -0.126. The van der Waals surface area contributed by atoms with Crippen LogP contribution in [0, 0.1) is 19.8 Å². The third kappa shape index (κ3) is 4.02. The van der Waals surface area contributed by atoms with Crippen molar-refractivity contribution in [1.82, 2.24) is 10.9 Å². The molecule has 1 aliphatic rings. The molecule has 1 aromatic carbocycles. The van der Waals surface area contributed by atoms with Crippen molar-refractivity contribution < 1.29 is 18.8 Å². The van der Waals surface area contributed by atoms with E-state index in [4.69, 9.17) is 4.42 Å². The highest BCUT2D eigenvalue weighted by atomic mass is 16.3. The number of carbonyl (C=O) groups excluding carboxylic acids is 3. The molecule has 1 saturated heterocycles. The molecular weight excluding hydrogens is 346 g/mol. The van der Waals surface area contributed by atoms with Crippen molar-refractivity contribution in [3.8, 4) is 0 Å². The Kier molecular flexibility index (Phi) is 5.30. The maximum Gasteiger partial charge on any atom is 0.273 e. The minimum absolute atomic E-state index is 0.105. The van der Waals surface area contributed by atoms with E-state index in [0.717, 1.165) is 12.1 Å². The lowest BCUT2D eigenvalue weighted by Gasteiger charge is -2.17. The normalized spacial score (nSPS) is 16.5. The lowest BCUT2D eigenvalue weighted by atomic mass is 10.1. The average molecular weight is 369 g/mol. The third-order valence-electron chi connectivity index (χ3n) is 4.74. The Morgan fingerprint density at radius 2 is 1.89 bits per heavy atom. The van der Waals surface area contributed by atoms with Crippen molar-refractivity contribution in [2.24, 2.45) is 5.92 Å². The van der Waals surface area contributed by atoms with Crippen LogP contribution in [0.4, 0.5) is 5.69 Å². The first-order valence-electron chi connectivity index (χ1n) is 8.95. The van der Waals surface area contributed by atoms with Gasteiger partial charge in [0.25, 0.3) is 5.91 Å². The number of rotatable bonds is 4. The second-order valence-electron chi connectivity index (χ2n) is 6.70. The van der Waals surface area contributed by atoms with Crippen molar-refractivity contribution in [1.29, 1.82) is 0 Å². The van der Waals surface area contributed by atoms with Crippen LogP contribution in [0.15, 0.2) is 34.7 Å². The van der Waals surface area contributed by atoms with Crippen LogP contribution in [0.2, 0.25) is 0 Å². The van der Waals surface area contributed by atoms with Gasteiger partial charge in [-0.1, -0.05) is 19.1 Å². The molecule has 0 saturated carbocycles. The monoisotopic (exact) mass is 369 g/mol. The molecule has 7 heteroatoms. The summed E-state index contributed by atoms with van der Waals surface area (Å²) in [6.45, 7) is 5.78. The fourth-order valence-electron chi connectivity index (χ4n) is 3.19. The van der Waals surface area contributed by atoms with Crippen molar-refractivity contribution in [2.75, 3.05) is 11.4 Å². The van der Waals surface area contributed by atoms with E-state index in [1.807, 2.05) is 24.3 Å². The first-order chi connectivity index (χ1) is 12.9. The lowest BCUT2D eigenvalue weighted by Crippen LogP contribution is -2.45. The zero-order chi connectivity index (χ0) is 19.6. The Morgan fingerprint density at radius 1 is 1.19 bits per heavy atom. The van der Waals surface area contributed by atoms with Crippen LogP contribution < -0.4 is 15.8 Å². The molecule has 0 spiro atoms. The second kappa shape index (κ2) is 7.65. The van der Waals surface area contributed by atoms with Gasteiger partial charge in [0.15, 0.2) is 0 Å². The molecule has 0 bridgehead atoms. The number of amides is 3. The van der Waals surface area contributed by atoms with Gasteiger partial charge in [0, 0.05) is 18.7 Å². The summed E-state index contributed by atoms with van der Waals surface area (Å²) in [7, 11) is 0. The van der Waals surface area contributed by atoms with Crippen LogP contribution in [0.3, 0.4) is 0 Å². The smallest absolute Gasteiger partial charge is 0.273 e. The standard InChI is InChI=1S/C20H23N3O4/c1-4-14-5-7-16(8-6-14)23-11-15(10-18(23)24)19(25)21-22-20(26)17-9-12(2)27-13(17)3/h5-9,15H,4,10-11H2,1-3H3,(H,21,25)(H,22,26). The van der Waals surface area contributed by atoms with Crippen LogP contribution in [0.25, 0.3) is 0 Å². The summed E-state index contributed by atoms with van der Waals surface area (Å²) in [4.78, 5) is 38.4. The summed E-state index contributed by atoms with van der Waals surface area (Å²) in [5, 5.41) is 0. The van der Waals surface area contributed by atoms with Crippen LogP contribution >= 0.6 is 0 Å². The highest BCUT2D eigenvalue weighted by molar-refractivity contribution is 6.01. The number of aryl methyl sites for hydroxylation is 3. The summed E-state index contributed by atoms with van der Waals surface area (Å²) in [6, 6.07) is 9.35. The first kappa shape index (κ1) is 18.7. The van der Waals surface area contributed by atoms with Gasteiger partial charge in [-0.2, -0.15) is 0 Å². The number of anilines is 1. The van der Waals surface area contributed by atoms with Gasteiger partial charge in [0.2, 0.25) is 11.8 Å². The molecule has 0 aliphatic carbocycles. The molecule has 1 unspecified atom stereocenters. The maximum absolute atomic E-state index is 12.4. The SMILES string of the molecule is CCc1ccc(N2CC(C(=O)NNC(=O)c3cc(C)oc3C)CC2=O)cc1. The van der Waals surface area contributed by atoms with Crippen molar-refractivity contribution in [3.05, 3.63) is 53.0 Å². The van der Waals surface area contributed by atoms with E-state index in [2.05, 4.69) is 17.8 Å². The summed E-state index contributed by atoms with van der Waals surface area (Å²) < 4.78 is 5.31. The topological polar surface area (TPSA) is 91.7 Å². The number of nitrogens with zero attached hydrogens (tertiary/aromatic N) is 1. The molecular formula is C20H23N3O4. The maximum atomic E-state index is 12.4. The fraction of sp³-hybridized carbons (Fsp3) is 0.350. The summed E-state index contributed by atoms with van der Waals surface area (Å²) in [6.07, 6.45) is 1.04. The van der Waals surface area contributed by atoms with Gasteiger partial charge >= 0.3 is 0 Å². The minimum atomic E-state index is -0.518. The van der Waals surface area contributed by atoms with E-state index >= 15 is 0 Å². The minimum Gasteiger partial charge on any atom is -0.466 e. The molecule has 3 rings (SSSR count). The quantitative estimate of drug-likeness (QED) is 0.809. The molecule has 2 aromatic rings. The molecule has 7 nitrogen and oxygen atoms in total. The predicted molar refractivity (Wildman–Crippen MR) is 100 cm³/mol. The highest BCUT2D eigenvalue weighted by Crippen LogP contribution is 2.25. The highest BCUT2D eigenvalue weighted by Gasteiger charge is 2.35. The van der Waals surface area contributed by atoms with E-state index < -0.39 is 11.8 Å². The Labute approximate surface area is 157 Å². The average Bonchev–Trinajstić information content (AvgIpc) is 3.21. The number of hydrogen-bond donors (Lipinski definition) is 2. The van der Waals surface area contributed by atoms with Crippen LogP contribution in [0.5, 0.6) is 0 Å². The molecule has 1 aliphatic heterocycles. The van der Waals surface area contributed by atoms with Gasteiger partial charge < -0.3 is 9.32 Å². The van der Waals surface area contributed by atoms with Crippen molar-refractivity contribution >= 4 is 23.4 Å². The zero-order valence-electron chi connectivity index (χ0n) is 15.7. The summed E-state index contributed by atoms with van der Waals surface area (Å²) >= 11 is 0. The molecule has 2 heterocycles. The summed E-state index contributed by atoms with van der Waals surface area (Å²) in [5.74, 6) is -0.355. The van der Waals surface area contributed by atoms with E-state index in [1.54, 1.807) is 24.8 Å². The Bertz CT molecular complexity index is 870. The van der Waals surface area contributed by atoms with Crippen LogP contribution in [-0.2, 0) is 16.0 Å². The Balaban J connectivity index is 1.58. The second-order valence-corrected chi connectivity index (χ2v) is 6.70. The van der Waals surface area contributed by atoms with E-state index in [-0.39, 0.29) is 24.8 Å². The first-order valence-corrected chi connectivity index (χ1v) is 8.95. The molecule has 2 N–H and O–H groups in total. The van der Waals surface area contributed by atoms with Crippen molar-refractivity contribution in [3.63, 3.8) is 0 Å². The largest absolute Gasteiger partial charge is 0.466 e. The van der Waals surface area contributed by atoms with Crippen LogP contribution in [0.1, 0.15) is 40.8 Å². The number of hydrazine groups is 1. The number of benzene rings is 1. The van der Waals surface area contributed by atoms with E-state index in [1.165, 1.54) is 5.56 Å². The van der Waals surface area contributed by atoms with Gasteiger partial charge in [0.1, 0.15) is 11.5 Å². The van der Waals surface area contributed by atoms with Gasteiger partial charge in [0.05, 0.1) is 11.5 Å². The van der Waals surface area contributed by atoms with E-state index in [0.29, 0.717) is 17.1 Å². The van der Waals surface area contributed by atoms with Crippen molar-refractivity contribution in [2.45, 2.75) is 33.6 Å². The van der Waals surface area contributed by atoms with Gasteiger partial charge in [-0.05, 0) is 44.0 Å². The molecule has 27 heavy (non-hydrogen) atoms. The predicted octanol–water partition coefficient (Wildman–Crippen LogP) is 2.27. The van der Waals surface area contributed by atoms with Gasteiger partial charge in [-0.25, -0.2) is 0 Å². The third-order valence-corrected chi connectivity index (χ3v) is 4.74. The Hall–Kier alpha value is -3.09. The van der Waals surface area contributed by atoms with Gasteiger partial charge in [-0.3, -0.25) is 25.2 Å². The molecule has 142 valence electrons. The number of furan rings is 1. The molecule has 3 amide bonds. The fourth-order valence-corrected chi connectivity index (χ4v) is 3.19. The zero-order valence-corrected chi connectivity index (χ0v) is 15.7. The van der Waals surface area contributed by atoms with Crippen LogP contribution in [-0.4, -0.2) is 24.3 Å². The number of carbonyl (C=O) groups is 3. The summed E-state index contributed by atoms with van der Waals surface area (Å²) in [5.41, 5.74) is 7.13. The molecule has 0 radical (unpaired) electrons. The molecule has 1 atom stereocenters. The molecule has 1 fully saturated rings.